The van der Waals surface area contributed by atoms with Crippen molar-refractivity contribution < 1.29 is 23.7 Å². The van der Waals surface area contributed by atoms with E-state index in [1.807, 2.05) is 75.4 Å². The third-order valence-electron chi connectivity index (χ3n) is 6.71. The SMILES string of the molecule is Cc1ccc(COc2ccc(C3C(C#N)=C(N)Oc4cc(OC(=O)COc5cc(C)cc(C)c5)ccc43)cc2)cc1. The average molecular weight is 547 g/mol. The van der Waals surface area contributed by atoms with Gasteiger partial charge in [0.1, 0.15) is 41.2 Å². The molecule has 0 saturated heterocycles. The van der Waals surface area contributed by atoms with Crippen LogP contribution in [0.3, 0.4) is 0 Å². The van der Waals surface area contributed by atoms with Gasteiger partial charge in [0.25, 0.3) is 0 Å². The first kappa shape index (κ1) is 27.4. The van der Waals surface area contributed by atoms with Crippen molar-refractivity contribution in [2.45, 2.75) is 33.3 Å². The summed E-state index contributed by atoms with van der Waals surface area (Å²) in [5.74, 6) is 1.00. The quantitative estimate of drug-likeness (QED) is 0.202. The van der Waals surface area contributed by atoms with Crippen molar-refractivity contribution >= 4 is 5.97 Å². The van der Waals surface area contributed by atoms with E-state index in [9.17, 15) is 10.1 Å². The van der Waals surface area contributed by atoms with Gasteiger partial charge in [-0.05, 0) is 73.4 Å². The Morgan fingerprint density at radius 2 is 1.51 bits per heavy atom. The fourth-order valence-electron chi connectivity index (χ4n) is 4.77. The molecule has 0 saturated carbocycles. The van der Waals surface area contributed by atoms with Crippen LogP contribution in [-0.4, -0.2) is 12.6 Å². The van der Waals surface area contributed by atoms with Gasteiger partial charge in [0.15, 0.2) is 6.61 Å². The predicted molar refractivity (Wildman–Crippen MR) is 155 cm³/mol. The summed E-state index contributed by atoms with van der Waals surface area (Å²) in [4.78, 5) is 12.5. The normalized spacial score (nSPS) is 14.0. The first-order valence-electron chi connectivity index (χ1n) is 13.2. The number of nitriles is 1. The lowest BCUT2D eigenvalue weighted by Crippen LogP contribution is -2.21. The summed E-state index contributed by atoms with van der Waals surface area (Å²) in [6.45, 7) is 6.18. The first-order valence-corrected chi connectivity index (χ1v) is 13.2. The number of benzene rings is 4. The maximum absolute atomic E-state index is 12.5. The van der Waals surface area contributed by atoms with E-state index in [1.165, 1.54) is 5.56 Å². The van der Waals surface area contributed by atoms with Crippen LogP contribution in [0.4, 0.5) is 0 Å². The van der Waals surface area contributed by atoms with Gasteiger partial charge in [-0.25, -0.2) is 4.79 Å². The molecule has 0 fully saturated rings. The highest BCUT2D eigenvalue weighted by molar-refractivity contribution is 5.74. The molecular formula is C34H30N2O5. The largest absolute Gasteiger partial charge is 0.489 e. The molecule has 1 aliphatic rings. The van der Waals surface area contributed by atoms with Crippen LogP contribution in [0.2, 0.25) is 0 Å². The van der Waals surface area contributed by atoms with E-state index in [0.29, 0.717) is 29.4 Å². The Balaban J connectivity index is 1.29. The Labute approximate surface area is 239 Å². The number of esters is 1. The molecule has 1 atom stereocenters. The zero-order valence-corrected chi connectivity index (χ0v) is 23.1. The summed E-state index contributed by atoms with van der Waals surface area (Å²) < 4.78 is 22.8. The molecule has 7 nitrogen and oxygen atoms in total. The van der Waals surface area contributed by atoms with Crippen molar-refractivity contribution in [2.24, 2.45) is 5.73 Å². The highest BCUT2D eigenvalue weighted by atomic mass is 16.6. The van der Waals surface area contributed by atoms with Crippen LogP contribution in [-0.2, 0) is 11.4 Å². The van der Waals surface area contributed by atoms with Crippen molar-refractivity contribution in [1.82, 2.24) is 0 Å². The van der Waals surface area contributed by atoms with E-state index in [4.69, 9.17) is 24.7 Å². The van der Waals surface area contributed by atoms with Crippen molar-refractivity contribution in [1.29, 1.82) is 5.26 Å². The fourth-order valence-corrected chi connectivity index (χ4v) is 4.77. The smallest absolute Gasteiger partial charge is 0.349 e. The number of hydrogen-bond acceptors (Lipinski definition) is 7. The second-order valence-electron chi connectivity index (χ2n) is 10.1. The van der Waals surface area contributed by atoms with Crippen molar-refractivity contribution in [3.63, 3.8) is 0 Å². The van der Waals surface area contributed by atoms with Crippen LogP contribution in [0.25, 0.3) is 0 Å². The number of nitrogens with zero attached hydrogens (tertiary/aromatic N) is 1. The molecule has 0 spiro atoms. The minimum Gasteiger partial charge on any atom is -0.489 e. The molecule has 0 amide bonds. The van der Waals surface area contributed by atoms with Crippen molar-refractivity contribution in [3.05, 3.63) is 130 Å². The van der Waals surface area contributed by atoms with Gasteiger partial charge in [0, 0.05) is 11.6 Å². The van der Waals surface area contributed by atoms with Gasteiger partial charge in [0.2, 0.25) is 5.88 Å². The Bertz CT molecular complexity index is 1630. The predicted octanol–water partition coefficient (Wildman–Crippen LogP) is 6.39. The van der Waals surface area contributed by atoms with Gasteiger partial charge in [-0.2, -0.15) is 5.26 Å². The first-order chi connectivity index (χ1) is 19.8. The second-order valence-corrected chi connectivity index (χ2v) is 10.1. The van der Waals surface area contributed by atoms with E-state index in [2.05, 4.69) is 18.2 Å². The molecule has 7 heteroatoms. The van der Waals surface area contributed by atoms with Crippen molar-refractivity contribution in [3.8, 4) is 29.1 Å². The van der Waals surface area contributed by atoms with E-state index >= 15 is 0 Å². The third kappa shape index (κ3) is 6.51. The van der Waals surface area contributed by atoms with Gasteiger partial charge in [-0.1, -0.05) is 54.1 Å². The number of hydrogen-bond donors (Lipinski definition) is 1. The molecule has 1 aliphatic heterocycles. The standard InChI is InChI=1S/C34H30N2O5/c1-21-4-6-24(7-5-21)19-38-26-10-8-25(9-11-26)33-29-13-12-27(17-31(29)41-34(36)30(33)18-35)40-32(37)20-39-28-15-22(2)14-23(3)16-28/h4-17,33H,19-20,36H2,1-3H3. The van der Waals surface area contributed by atoms with Crippen LogP contribution in [0, 0.1) is 32.1 Å². The van der Waals surface area contributed by atoms with Crippen LogP contribution >= 0.6 is 0 Å². The third-order valence-corrected chi connectivity index (χ3v) is 6.71. The Hall–Kier alpha value is -5.22. The lowest BCUT2D eigenvalue weighted by Gasteiger charge is -2.26. The molecule has 206 valence electrons. The maximum Gasteiger partial charge on any atom is 0.349 e. The summed E-state index contributed by atoms with van der Waals surface area (Å²) >= 11 is 0. The minimum absolute atomic E-state index is 0.00586. The molecule has 0 radical (unpaired) electrons. The van der Waals surface area contributed by atoms with Gasteiger partial charge in [-0.3, -0.25) is 0 Å². The number of allylic oxidation sites excluding steroid dienone is 1. The summed E-state index contributed by atoms with van der Waals surface area (Å²) in [7, 11) is 0. The number of rotatable bonds is 8. The van der Waals surface area contributed by atoms with E-state index in [0.717, 1.165) is 27.8 Å². The molecule has 41 heavy (non-hydrogen) atoms. The fraction of sp³-hybridized carbons (Fsp3) is 0.176. The number of ether oxygens (including phenoxy) is 4. The molecule has 1 unspecified atom stereocenters. The van der Waals surface area contributed by atoms with E-state index in [-0.39, 0.29) is 18.2 Å². The molecule has 0 aliphatic carbocycles. The van der Waals surface area contributed by atoms with Gasteiger partial charge in [-0.15, -0.1) is 0 Å². The number of aryl methyl sites for hydroxylation is 3. The minimum atomic E-state index is -0.557. The molecule has 1 heterocycles. The zero-order valence-electron chi connectivity index (χ0n) is 23.1. The number of nitrogens with two attached hydrogens (primary N) is 1. The number of carbonyl (C=O) groups excluding carboxylic acids is 1. The lowest BCUT2D eigenvalue weighted by molar-refractivity contribution is -0.136. The lowest BCUT2D eigenvalue weighted by atomic mass is 9.83. The molecule has 5 rings (SSSR count). The second kappa shape index (κ2) is 11.9. The molecule has 0 bridgehead atoms. The summed E-state index contributed by atoms with van der Waals surface area (Å²) in [6.07, 6.45) is 0. The van der Waals surface area contributed by atoms with E-state index in [1.54, 1.807) is 18.2 Å². The molecule has 0 aromatic heterocycles. The monoisotopic (exact) mass is 546 g/mol. The summed E-state index contributed by atoms with van der Waals surface area (Å²) in [5, 5.41) is 9.89. The van der Waals surface area contributed by atoms with Gasteiger partial charge >= 0.3 is 5.97 Å². The Morgan fingerprint density at radius 1 is 0.829 bits per heavy atom. The van der Waals surface area contributed by atoms with E-state index < -0.39 is 11.9 Å². The maximum atomic E-state index is 12.5. The number of carbonyl (C=O) groups is 1. The highest BCUT2D eigenvalue weighted by Crippen LogP contribution is 2.43. The molecular weight excluding hydrogens is 516 g/mol. The number of fused-ring (bicyclic) bond motifs is 1. The Morgan fingerprint density at radius 3 is 2.20 bits per heavy atom. The average Bonchev–Trinajstić information content (AvgIpc) is 2.95. The summed E-state index contributed by atoms with van der Waals surface area (Å²) in [5.41, 5.74) is 12.4. The summed E-state index contributed by atoms with van der Waals surface area (Å²) in [6, 6.07) is 28.7. The molecule has 4 aromatic rings. The van der Waals surface area contributed by atoms with Crippen LogP contribution in [0.5, 0.6) is 23.0 Å². The highest BCUT2D eigenvalue weighted by Gasteiger charge is 2.31. The van der Waals surface area contributed by atoms with Crippen LogP contribution in [0.15, 0.2) is 96.4 Å². The van der Waals surface area contributed by atoms with Crippen LogP contribution < -0.4 is 24.7 Å². The zero-order chi connectivity index (χ0) is 28.9. The molecule has 4 aromatic carbocycles. The Kier molecular flexibility index (Phi) is 7.93. The van der Waals surface area contributed by atoms with Crippen LogP contribution in [0.1, 0.15) is 39.3 Å². The van der Waals surface area contributed by atoms with Gasteiger partial charge in [0.05, 0.1) is 5.92 Å². The van der Waals surface area contributed by atoms with Crippen molar-refractivity contribution in [2.75, 3.05) is 6.61 Å². The topological polar surface area (TPSA) is 104 Å². The molecule has 2 N–H and O–H groups in total. The van der Waals surface area contributed by atoms with Gasteiger partial charge < -0.3 is 24.7 Å².